The number of hydrogen-bond donors (Lipinski definition) is 1. The van der Waals surface area contributed by atoms with Gasteiger partial charge in [-0.2, -0.15) is 0 Å². The minimum absolute atomic E-state index is 0.0169. The molecule has 0 aliphatic rings. The molecule has 0 aliphatic heterocycles. The first-order valence-corrected chi connectivity index (χ1v) is 5.74. The molecule has 0 atom stereocenters. The number of carbonyl (C=O) groups excluding carboxylic acids is 1. The standard InChI is InChI=1S/C11H13BrClNO/c1-11(2,3)10(15)14-7-4-5-9(13)8(12)6-7/h4-6H,1-3H3,(H,14,15). The van der Waals surface area contributed by atoms with Crippen LogP contribution in [-0.2, 0) is 4.79 Å². The van der Waals surface area contributed by atoms with Gasteiger partial charge in [0.2, 0.25) is 5.91 Å². The third kappa shape index (κ3) is 3.50. The van der Waals surface area contributed by atoms with Gasteiger partial charge in [-0.1, -0.05) is 32.4 Å². The van der Waals surface area contributed by atoms with E-state index in [-0.39, 0.29) is 5.91 Å². The van der Waals surface area contributed by atoms with Crippen molar-refractivity contribution in [3.05, 3.63) is 27.7 Å². The molecule has 0 radical (unpaired) electrons. The number of amides is 1. The second-order valence-corrected chi connectivity index (χ2v) is 5.59. The van der Waals surface area contributed by atoms with Gasteiger partial charge in [0.15, 0.2) is 0 Å². The van der Waals surface area contributed by atoms with Gasteiger partial charge in [0, 0.05) is 15.6 Å². The highest BCUT2D eigenvalue weighted by atomic mass is 79.9. The lowest BCUT2D eigenvalue weighted by molar-refractivity contribution is -0.123. The van der Waals surface area contributed by atoms with Crippen LogP contribution < -0.4 is 5.32 Å². The number of halogens is 2. The Balaban J connectivity index is 2.83. The van der Waals surface area contributed by atoms with Crippen LogP contribution in [0.4, 0.5) is 5.69 Å². The lowest BCUT2D eigenvalue weighted by Crippen LogP contribution is -2.27. The highest BCUT2D eigenvalue weighted by Gasteiger charge is 2.21. The van der Waals surface area contributed by atoms with Crippen molar-refractivity contribution >= 4 is 39.1 Å². The molecule has 82 valence electrons. The summed E-state index contributed by atoms with van der Waals surface area (Å²) in [5.41, 5.74) is 0.345. The molecular formula is C11H13BrClNO. The molecule has 0 fully saturated rings. The van der Waals surface area contributed by atoms with Crippen LogP contribution >= 0.6 is 27.5 Å². The summed E-state index contributed by atoms with van der Waals surface area (Å²) in [5, 5.41) is 3.45. The van der Waals surface area contributed by atoms with Gasteiger partial charge in [-0.05, 0) is 34.1 Å². The fourth-order valence-corrected chi connectivity index (χ4v) is 1.39. The van der Waals surface area contributed by atoms with Crippen molar-refractivity contribution < 1.29 is 4.79 Å². The number of anilines is 1. The van der Waals surface area contributed by atoms with Gasteiger partial charge in [0.25, 0.3) is 0 Å². The average molecular weight is 291 g/mol. The average Bonchev–Trinajstić information content (AvgIpc) is 2.10. The van der Waals surface area contributed by atoms with E-state index >= 15 is 0 Å². The minimum Gasteiger partial charge on any atom is -0.326 e. The first-order valence-electron chi connectivity index (χ1n) is 4.57. The molecule has 0 heterocycles. The lowest BCUT2D eigenvalue weighted by atomic mass is 9.95. The highest BCUT2D eigenvalue weighted by Crippen LogP contribution is 2.26. The second kappa shape index (κ2) is 4.54. The number of hydrogen-bond acceptors (Lipinski definition) is 1. The number of rotatable bonds is 1. The largest absolute Gasteiger partial charge is 0.326 e. The molecule has 2 nitrogen and oxygen atoms in total. The Hall–Kier alpha value is -0.540. The summed E-state index contributed by atoms with van der Waals surface area (Å²) in [6.45, 7) is 5.61. The first kappa shape index (κ1) is 12.5. The molecule has 0 spiro atoms. The normalized spacial score (nSPS) is 11.3. The van der Waals surface area contributed by atoms with E-state index in [1.807, 2.05) is 20.8 Å². The van der Waals surface area contributed by atoms with Gasteiger partial charge in [0.1, 0.15) is 0 Å². The summed E-state index contributed by atoms with van der Waals surface area (Å²) in [5.74, 6) is -0.0169. The summed E-state index contributed by atoms with van der Waals surface area (Å²) < 4.78 is 0.774. The third-order valence-corrected chi connectivity index (χ3v) is 3.07. The fourth-order valence-electron chi connectivity index (χ4n) is 0.892. The molecule has 4 heteroatoms. The summed E-state index contributed by atoms with van der Waals surface area (Å²) >= 11 is 9.15. The van der Waals surface area contributed by atoms with Crippen LogP contribution in [0.3, 0.4) is 0 Å². The van der Waals surface area contributed by atoms with Crippen molar-refractivity contribution in [3.63, 3.8) is 0 Å². The second-order valence-electron chi connectivity index (χ2n) is 4.33. The Morgan fingerprint density at radius 1 is 1.40 bits per heavy atom. The molecule has 0 bridgehead atoms. The van der Waals surface area contributed by atoms with E-state index < -0.39 is 5.41 Å². The molecule has 1 aromatic rings. The quantitative estimate of drug-likeness (QED) is 0.829. The summed E-state index contributed by atoms with van der Waals surface area (Å²) in [6, 6.07) is 5.30. The van der Waals surface area contributed by atoms with Gasteiger partial charge in [0.05, 0.1) is 5.02 Å². The van der Waals surface area contributed by atoms with Gasteiger partial charge >= 0.3 is 0 Å². The third-order valence-electron chi connectivity index (χ3n) is 1.86. The molecular weight excluding hydrogens is 277 g/mol. The van der Waals surface area contributed by atoms with Crippen molar-refractivity contribution in [2.75, 3.05) is 5.32 Å². The van der Waals surface area contributed by atoms with E-state index in [1.54, 1.807) is 18.2 Å². The van der Waals surface area contributed by atoms with Crippen molar-refractivity contribution in [2.45, 2.75) is 20.8 Å². The maximum Gasteiger partial charge on any atom is 0.229 e. The van der Waals surface area contributed by atoms with E-state index in [2.05, 4.69) is 21.2 Å². The molecule has 15 heavy (non-hydrogen) atoms. The smallest absolute Gasteiger partial charge is 0.229 e. The van der Waals surface area contributed by atoms with E-state index in [4.69, 9.17) is 11.6 Å². The van der Waals surface area contributed by atoms with E-state index in [0.717, 1.165) is 10.2 Å². The molecule has 1 rings (SSSR count). The Bertz CT molecular complexity index is 385. The molecule has 0 saturated carbocycles. The minimum atomic E-state index is -0.397. The number of nitrogens with one attached hydrogen (secondary N) is 1. The molecule has 0 aliphatic carbocycles. The lowest BCUT2D eigenvalue weighted by Gasteiger charge is -2.17. The van der Waals surface area contributed by atoms with Crippen LogP contribution in [0.1, 0.15) is 20.8 Å². The van der Waals surface area contributed by atoms with Crippen molar-refractivity contribution in [2.24, 2.45) is 5.41 Å². The Morgan fingerprint density at radius 3 is 2.47 bits per heavy atom. The number of carbonyl (C=O) groups is 1. The summed E-state index contributed by atoms with van der Waals surface area (Å²) in [4.78, 5) is 11.7. The van der Waals surface area contributed by atoms with Crippen LogP contribution in [0.15, 0.2) is 22.7 Å². The molecule has 1 amide bonds. The molecule has 0 saturated heterocycles. The van der Waals surface area contributed by atoms with Gasteiger partial charge < -0.3 is 5.32 Å². The molecule has 0 aromatic heterocycles. The highest BCUT2D eigenvalue weighted by molar-refractivity contribution is 9.10. The van der Waals surface area contributed by atoms with Gasteiger partial charge in [-0.3, -0.25) is 4.79 Å². The Labute approximate surface area is 103 Å². The molecule has 0 unspecified atom stereocenters. The zero-order chi connectivity index (χ0) is 11.6. The van der Waals surface area contributed by atoms with Crippen LogP contribution in [-0.4, -0.2) is 5.91 Å². The predicted octanol–water partition coefficient (Wildman–Crippen LogP) is 4.09. The molecule has 1 N–H and O–H groups in total. The monoisotopic (exact) mass is 289 g/mol. The van der Waals surface area contributed by atoms with Crippen molar-refractivity contribution in [3.8, 4) is 0 Å². The Morgan fingerprint density at radius 2 is 2.00 bits per heavy atom. The van der Waals surface area contributed by atoms with E-state index in [0.29, 0.717) is 5.02 Å². The van der Waals surface area contributed by atoms with Crippen molar-refractivity contribution in [1.29, 1.82) is 0 Å². The predicted molar refractivity (Wildman–Crippen MR) is 67.2 cm³/mol. The van der Waals surface area contributed by atoms with Gasteiger partial charge in [-0.15, -0.1) is 0 Å². The zero-order valence-electron chi connectivity index (χ0n) is 8.90. The molecule has 1 aromatic carbocycles. The van der Waals surface area contributed by atoms with Gasteiger partial charge in [-0.25, -0.2) is 0 Å². The SMILES string of the molecule is CC(C)(C)C(=O)Nc1ccc(Cl)c(Br)c1. The van der Waals surface area contributed by atoms with Crippen LogP contribution in [0.5, 0.6) is 0 Å². The number of benzene rings is 1. The fraction of sp³-hybridized carbons (Fsp3) is 0.364. The maximum atomic E-state index is 11.7. The van der Waals surface area contributed by atoms with Crippen LogP contribution in [0.25, 0.3) is 0 Å². The van der Waals surface area contributed by atoms with E-state index in [9.17, 15) is 4.79 Å². The van der Waals surface area contributed by atoms with Crippen LogP contribution in [0, 0.1) is 5.41 Å². The topological polar surface area (TPSA) is 29.1 Å². The summed E-state index contributed by atoms with van der Waals surface area (Å²) in [7, 11) is 0. The van der Waals surface area contributed by atoms with E-state index in [1.165, 1.54) is 0 Å². The van der Waals surface area contributed by atoms with Crippen molar-refractivity contribution in [1.82, 2.24) is 0 Å². The van der Waals surface area contributed by atoms with Crippen LogP contribution in [0.2, 0.25) is 5.02 Å². The zero-order valence-corrected chi connectivity index (χ0v) is 11.2. The Kier molecular flexibility index (Phi) is 3.79. The first-order chi connectivity index (χ1) is 6.80. The maximum absolute atomic E-state index is 11.7. The summed E-state index contributed by atoms with van der Waals surface area (Å²) in [6.07, 6.45) is 0.